The Hall–Kier alpha value is -0.550. The smallest absolute Gasteiger partial charge is 0.756 e. The summed E-state index contributed by atoms with van der Waals surface area (Å²) in [6, 6.07) is 3.27. The molecule has 11 atom stereocenters. The van der Waals surface area contributed by atoms with Gasteiger partial charge in [0.1, 0.15) is 47.7 Å². The first-order chi connectivity index (χ1) is 23.6. The summed E-state index contributed by atoms with van der Waals surface area (Å²) in [7, 11) is -9.76. The second-order valence-corrected chi connectivity index (χ2v) is 15.7. The van der Waals surface area contributed by atoms with Crippen LogP contribution in [0.5, 0.6) is 0 Å². The van der Waals surface area contributed by atoms with Crippen molar-refractivity contribution in [1.82, 2.24) is 29.8 Å². The Labute approximate surface area is 344 Å². The zero-order chi connectivity index (χ0) is 36.4. The van der Waals surface area contributed by atoms with Crippen molar-refractivity contribution in [2.24, 2.45) is 0 Å². The van der Waals surface area contributed by atoms with E-state index in [1.807, 2.05) is 0 Å². The Morgan fingerprint density at radius 3 is 2.44 bits per heavy atom. The van der Waals surface area contributed by atoms with Gasteiger partial charge in [0.05, 0.1) is 25.3 Å². The third-order valence-electron chi connectivity index (χ3n) is 7.07. The molecule has 3 aromatic heterocycles. The predicted octanol–water partition coefficient (Wildman–Crippen LogP) is -9.93. The number of aromatic amines is 1. The number of hydrogen-bond donors (Lipinski definition) is 8. The number of carbonyl (C=O) groups excluding carboxylic acids is 1. The number of ether oxygens (including phenoxy) is 2. The standard InChI is InChI=1S/C23H31N7O16P2S2.2Na/c24-23-28-19-14(20(37)29-23)26-8-30(19)21-18(36)16(34)10(43-21)6-42-47(38,39)46-48(40,41)45-22-13(17(35)15(33)9(5-31)44-22)27-11(32)7-49-50-12-3-1-2-4-25-12;;/h1-4,8-10,13,15-18,21-22,31,33-36H,5-7H2,(H,27,32)(H,38,39)(H,40,41)(H3,24,28,29,37);;/q;2*+1/p-2. The van der Waals surface area contributed by atoms with E-state index in [0.717, 1.165) is 32.5 Å². The fourth-order valence-electron chi connectivity index (χ4n) is 4.78. The number of pyridine rings is 1. The molecule has 23 nitrogen and oxygen atoms in total. The van der Waals surface area contributed by atoms with Gasteiger partial charge in [-0.1, -0.05) is 16.9 Å². The van der Waals surface area contributed by atoms with E-state index >= 15 is 0 Å². The van der Waals surface area contributed by atoms with E-state index in [0.29, 0.717) is 5.03 Å². The van der Waals surface area contributed by atoms with Gasteiger partial charge >= 0.3 is 59.1 Å². The van der Waals surface area contributed by atoms with E-state index in [2.05, 4.69) is 34.1 Å². The maximum atomic E-state index is 12.7. The van der Waals surface area contributed by atoms with Crippen LogP contribution in [-0.4, -0.2) is 124 Å². The van der Waals surface area contributed by atoms with Gasteiger partial charge in [0.15, 0.2) is 23.7 Å². The number of nitrogens with two attached hydrogens (primary N) is 1. The van der Waals surface area contributed by atoms with Crippen LogP contribution in [0.3, 0.4) is 0 Å². The van der Waals surface area contributed by atoms with E-state index < -0.39 is 95.5 Å². The summed E-state index contributed by atoms with van der Waals surface area (Å²) in [5, 5.41) is 54.2. The number of rotatable bonds is 14. The molecule has 3 aromatic rings. The molecule has 52 heavy (non-hydrogen) atoms. The van der Waals surface area contributed by atoms with Crippen molar-refractivity contribution in [3.8, 4) is 0 Å². The number of amides is 1. The molecule has 0 aromatic carbocycles. The number of nitrogens with zero attached hydrogens (tertiary/aromatic N) is 4. The van der Waals surface area contributed by atoms with Crippen LogP contribution in [0.25, 0.3) is 11.2 Å². The monoisotopic (exact) mass is 831 g/mol. The van der Waals surface area contributed by atoms with E-state index in [4.69, 9.17) is 19.7 Å². The van der Waals surface area contributed by atoms with Crippen molar-refractivity contribution in [2.75, 3.05) is 24.7 Å². The summed E-state index contributed by atoms with van der Waals surface area (Å²) < 4.78 is 50.3. The maximum absolute atomic E-state index is 12.7. The number of aromatic nitrogens is 5. The Balaban J connectivity index is 0.00000364. The summed E-state index contributed by atoms with van der Waals surface area (Å²) in [6.07, 6.45) is -11.8. The molecule has 9 N–H and O–H groups in total. The minimum Gasteiger partial charge on any atom is -0.756 e. The first-order valence-electron chi connectivity index (χ1n) is 14.1. The summed E-state index contributed by atoms with van der Waals surface area (Å²) in [4.78, 5) is 63.9. The van der Waals surface area contributed by atoms with Gasteiger partial charge in [-0.3, -0.25) is 32.8 Å². The number of H-pyrrole nitrogens is 1. The van der Waals surface area contributed by atoms with Crippen LogP contribution >= 0.6 is 37.2 Å². The van der Waals surface area contributed by atoms with Crippen LogP contribution in [0.2, 0.25) is 0 Å². The quantitative estimate of drug-likeness (QED) is 0.0425. The predicted molar refractivity (Wildman–Crippen MR) is 164 cm³/mol. The third kappa shape index (κ3) is 11.3. The van der Waals surface area contributed by atoms with Crippen molar-refractivity contribution < 1.29 is 131 Å². The van der Waals surface area contributed by atoms with Crippen LogP contribution in [0.1, 0.15) is 6.23 Å². The molecule has 0 saturated carbocycles. The number of fused-ring (bicyclic) bond motifs is 1. The number of anilines is 1. The van der Waals surface area contributed by atoms with Crippen LogP contribution in [0.15, 0.2) is 40.5 Å². The number of phosphoric ester groups is 2. The van der Waals surface area contributed by atoms with Crippen LogP contribution in [-0.2, 0) is 36.8 Å². The van der Waals surface area contributed by atoms with Crippen LogP contribution in [0, 0.1) is 0 Å². The molecule has 0 radical (unpaired) electrons. The van der Waals surface area contributed by atoms with Gasteiger partial charge in [0.2, 0.25) is 11.9 Å². The molecule has 1 amide bonds. The zero-order valence-electron chi connectivity index (χ0n) is 27.0. The van der Waals surface area contributed by atoms with Crippen molar-refractivity contribution in [1.29, 1.82) is 0 Å². The second kappa shape index (κ2) is 19.5. The summed E-state index contributed by atoms with van der Waals surface area (Å²) in [5.74, 6) is -1.36. The van der Waals surface area contributed by atoms with E-state index in [1.165, 1.54) is 6.20 Å². The number of phosphoric acid groups is 2. The Bertz CT molecular complexity index is 1820. The van der Waals surface area contributed by atoms with Crippen LogP contribution < -0.4 is 85.5 Å². The molecule has 11 unspecified atom stereocenters. The number of nitrogens with one attached hydrogen (secondary N) is 2. The molecule has 2 saturated heterocycles. The fourth-order valence-corrected chi connectivity index (χ4v) is 8.63. The minimum absolute atomic E-state index is 0. The molecule has 2 aliphatic rings. The molecule has 29 heteroatoms. The number of nitrogen functional groups attached to an aromatic ring is 1. The minimum atomic E-state index is -6.02. The molecule has 0 aliphatic carbocycles. The van der Waals surface area contributed by atoms with Gasteiger partial charge in [0, 0.05) is 6.20 Å². The first-order valence-corrected chi connectivity index (χ1v) is 19.4. The van der Waals surface area contributed by atoms with Crippen molar-refractivity contribution in [3.63, 3.8) is 0 Å². The van der Waals surface area contributed by atoms with E-state index in [9.17, 15) is 54.0 Å². The second-order valence-electron chi connectivity index (χ2n) is 10.5. The first kappa shape index (κ1) is 45.8. The van der Waals surface area contributed by atoms with Gasteiger partial charge in [-0.05, 0) is 22.9 Å². The molecule has 2 fully saturated rings. The molecule has 276 valence electrons. The number of aliphatic hydroxyl groups is 5. The fraction of sp³-hybridized carbons (Fsp3) is 0.522. The zero-order valence-corrected chi connectivity index (χ0v) is 34.4. The average molecular weight is 832 g/mol. The molecular formula is C23H29N7Na2O16P2S2. The normalized spacial score (nSPS) is 29.7. The van der Waals surface area contributed by atoms with Crippen LogP contribution in [0.4, 0.5) is 5.95 Å². The van der Waals surface area contributed by atoms with Crippen molar-refractivity contribution in [2.45, 2.75) is 60.2 Å². The SMILES string of the molecule is Nc1nc2c(ncn2C2OC(COP(=O)([O-])OP(=O)([O-])OC3OC(CO)C(O)C(O)C3NC(=O)CSSc3ccccn3)C(O)C2O)c(=O)[nH]1.[Na+].[Na+]. The van der Waals surface area contributed by atoms with Gasteiger partial charge in [-0.25, -0.2) is 14.3 Å². The summed E-state index contributed by atoms with van der Waals surface area (Å²) in [6.45, 7) is -2.06. The van der Waals surface area contributed by atoms with Gasteiger partial charge in [-0.15, -0.1) is 0 Å². The number of imidazole rings is 1. The molecule has 5 rings (SSSR count). The number of aliphatic hydroxyl groups excluding tert-OH is 5. The third-order valence-corrected chi connectivity index (χ3v) is 11.7. The van der Waals surface area contributed by atoms with Gasteiger partial charge in [-0.2, -0.15) is 4.98 Å². The maximum Gasteiger partial charge on any atom is 1.00 e. The number of carbonyl (C=O) groups is 1. The molecule has 0 spiro atoms. The topological polar surface area (TPSA) is 359 Å². The molecule has 0 bridgehead atoms. The summed E-state index contributed by atoms with van der Waals surface area (Å²) >= 11 is 0. The molecule has 5 heterocycles. The number of hydrogen-bond acceptors (Lipinski definition) is 22. The Morgan fingerprint density at radius 2 is 1.77 bits per heavy atom. The molecule has 2 aliphatic heterocycles. The Kier molecular flexibility index (Phi) is 17.2. The van der Waals surface area contributed by atoms with Crippen molar-refractivity contribution in [3.05, 3.63) is 41.1 Å². The van der Waals surface area contributed by atoms with E-state index in [-0.39, 0.29) is 82.0 Å². The van der Waals surface area contributed by atoms with Gasteiger partial charge < -0.3 is 60.4 Å². The largest absolute Gasteiger partial charge is 1.00 e. The van der Waals surface area contributed by atoms with E-state index in [1.54, 1.807) is 18.2 Å². The summed E-state index contributed by atoms with van der Waals surface area (Å²) in [5.41, 5.74) is 4.50. The van der Waals surface area contributed by atoms with Gasteiger partial charge in [0.25, 0.3) is 21.2 Å². The average Bonchev–Trinajstić information content (AvgIpc) is 3.59. The molecular weight excluding hydrogens is 802 g/mol. The van der Waals surface area contributed by atoms with Crippen molar-refractivity contribution >= 4 is 60.3 Å². The Morgan fingerprint density at radius 1 is 1.06 bits per heavy atom.